The van der Waals surface area contributed by atoms with Crippen LogP contribution in [0.3, 0.4) is 0 Å². The number of hydrogen-bond donors (Lipinski definition) is 0. The first-order valence-electron chi connectivity index (χ1n) is 9.45. The molecule has 1 saturated heterocycles. The Labute approximate surface area is 160 Å². The van der Waals surface area contributed by atoms with Crippen molar-refractivity contribution in [2.24, 2.45) is 5.92 Å². The molecule has 5 nitrogen and oxygen atoms in total. The minimum atomic E-state index is -0.180. The summed E-state index contributed by atoms with van der Waals surface area (Å²) in [5.74, 6) is -0.185. The van der Waals surface area contributed by atoms with Crippen molar-refractivity contribution in [1.29, 1.82) is 5.26 Å². The number of Topliss-reactive ketones (excluding diaryl/α,β-unsaturated/α-hetero) is 2. The maximum absolute atomic E-state index is 12.6. The van der Waals surface area contributed by atoms with Gasteiger partial charge in [-0.25, -0.2) is 0 Å². The van der Waals surface area contributed by atoms with Gasteiger partial charge in [-0.1, -0.05) is 26.0 Å². The Morgan fingerprint density at radius 1 is 1.30 bits per heavy atom. The van der Waals surface area contributed by atoms with Gasteiger partial charge in [0.15, 0.2) is 11.6 Å². The van der Waals surface area contributed by atoms with Crippen LogP contribution in [0.1, 0.15) is 55.1 Å². The quantitative estimate of drug-likeness (QED) is 0.764. The third-order valence-corrected chi connectivity index (χ3v) is 5.78. The van der Waals surface area contributed by atoms with Gasteiger partial charge in [0.05, 0.1) is 11.3 Å². The van der Waals surface area contributed by atoms with Crippen LogP contribution < -0.4 is 0 Å². The van der Waals surface area contributed by atoms with E-state index in [1.165, 1.54) is 0 Å². The molecule has 1 aliphatic heterocycles. The summed E-state index contributed by atoms with van der Waals surface area (Å²) in [6.45, 7) is 7.25. The van der Waals surface area contributed by atoms with Gasteiger partial charge in [0.1, 0.15) is 11.6 Å². The number of piperidine rings is 1. The molecule has 0 bridgehead atoms. The Bertz CT molecular complexity index is 853. The second-order valence-electron chi connectivity index (χ2n) is 7.97. The number of likely N-dealkylation sites (tertiary alicyclic amines) is 1. The molecule has 0 unspecified atom stereocenters. The third kappa shape index (κ3) is 3.54. The zero-order valence-corrected chi connectivity index (χ0v) is 16.5. The summed E-state index contributed by atoms with van der Waals surface area (Å²) in [5, 5.41) is 9.66. The molecule has 1 aromatic rings. The van der Waals surface area contributed by atoms with Crippen molar-refractivity contribution in [1.82, 2.24) is 4.90 Å². The summed E-state index contributed by atoms with van der Waals surface area (Å²) >= 11 is 0. The van der Waals surface area contributed by atoms with E-state index in [0.29, 0.717) is 24.4 Å². The smallest absolute Gasteiger partial charge is 0.179 e. The van der Waals surface area contributed by atoms with E-state index >= 15 is 0 Å². The van der Waals surface area contributed by atoms with Gasteiger partial charge in [-0.15, -0.1) is 0 Å². The van der Waals surface area contributed by atoms with Crippen LogP contribution in [0.25, 0.3) is 5.70 Å². The number of hydrogen-bond acceptors (Lipinski definition) is 5. The second-order valence-corrected chi connectivity index (χ2v) is 7.97. The lowest BCUT2D eigenvalue weighted by Crippen LogP contribution is -2.43. The fraction of sp³-hybridized carbons (Fsp3) is 0.500. The maximum Gasteiger partial charge on any atom is 0.179 e. The number of ketones is 2. The number of nitriles is 1. The maximum atomic E-state index is 12.6. The highest BCUT2D eigenvalue weighted by Gasteiger charge is 2.35. The Balaban J connectivity index is 2.06. The number of nitrogens with zero attached hydrogens (tertiary/aromatic N) is 2. The van der Waals surface area contributed by atoms with Crippen LogP contribution in [0, 0.1) is 17.2 Å². The summed E-state index contributed by atoms with van der Waals surface area (Å²) in [5.41, 5.74) is 3.07. The Kier molecular flexibility index (Phi) is 5.21. The van der Waals surface area contributed by atoms with Gasteiger partial charge < -0.3 is 9.64 Å². The molecule has 142 valence electrons. The fourth-order valence-corrected chi connectivity index (χ4v) is 3.82. The molecule has 5 heteroatoms. The number of allylic oxidation sites excluding steroid dienone is 1. The van der Waals surface area contributed by atoms with E-state index in [4.69, 9.17) is 4.74 Å². The molecule has 0 aromatic heterocycles. The number of carbonyl (C=O) groups is 2. The van der Waals surface area contributed by atoms with Crippen molar-refractivity contribution in [2.75, 3.05) is 20.2 Å². The van der Waals surface area contributed by atoms with Crippen LogP contribution in [-0.4, -0.2) is 42.3 Å². The first-order chi connectivity index (χ1) is 12.8. The number of fused-ring (bicyclic) bond motifs is 1. The fourth-order valence-electron chi connectivity index (χ4n) is 3.82. The third-order valence-electron chi connectivity index (χ3n) is 5.78. The predicted octanol–water partition coefficient (Wildman–Crippen LogP) is 3.39. The largest absolute Gasteiger partial charge is 0.378 e. The first kappa shape index (κ1) is 19.3. The Hall–Kier alpha value is -2.45. The molecule has 3 rings (SSSR count). The van der Waals surface area contributed by atoms with Crippen molar-refractivity contribution in [3.63, 3.8) is 0 Å². The lowest BCUT2D eigenvalue weighted by molar-refractivity contribution is -0.114. The van der Waals surface area contributed by atoms with Crippen molar-refractivity contribution in [2.45, 2.75) is 45.6 Å². The Morgan fingerprint density at radius 3 is 2.52 bits per heavy atom. The SMILES string of the molecule is COC1(C)CCN(C2=C(C#N)C(=O)Cc3ccc(C(=O)C(C)C)cc32)CC1. The van der Waals surface area contributed by atoms with Crippen molar-refractivity contribution >= 4 is 17.3 Å². The van der Waals surface area contributed by atoms with Gasteiger partial charge >= 0.3 is 0 Å². The molecule has 1 aliphatic carbocycles. The molecule has 1 heterocycles. The van der Waals surface area contributed by atoms with E-state index in [1.807, 2.05) is 26.0 Å². The summed E-state index contributed by atoms with van der Waals surface area (Å²) < 4.78 is 5.62. The highest BCUT2D eigenvalue weighted by Crippen LogP contribution is 2.37. The minimum absolute atomic E-state index is 0.0677. The zero-order chi connectivity index (χ0) is 19.8. The summed E-state index contributed by atoms with van der Waals surface area (Å²) in [7, 11) is 1.72. The molecule has 0 amide bonds. The Morgan fingerprint density at radius 2 is 1.96 bits per heavy atom. The number of benzene rings is 1. The molecule has 0 atom stereocenters. The van der Waals surface area contributed by atoms with E-state index in [0.717, 1.165) is 24.0 Å². The lowest BCUT2D eigenvalue weighted by atomic mass is 9.84. The number of rotatable bonds is 4. The van der Waals surface area contributed by atoms with Crippen LogP contribution in [0.15, 0.2) is 23.8 Å². The minimum Gasteiger partial charge on any atom is -0.378 e. The van der Waals surface area contributed by atoms with Crippen LogP contribution in [0.5, 0.6) is 0 Å². The summed E-state index contributed by atoms with van der Waals surface area (Å²) in [4.78, 5) is 27.1. The zero-order valence-electron chi connectivity index (χ0n) is 16.5. The topological polar surface area (TPSA) is 70.4 Å². The van der Waals surface area contributed by atoms with E-state index < -0.39 is 0 Å². The van der Waals surface area contributed by atoms with Crippen LogP contribution in [0.2, 0.25) is 0 Å². The van der Waals surface area contributed by atoms with Gasteiger partial charge in [0.25, 0.3) is 0 Å². The van der Waals surface area contributed by atoms with Gasteiger partial charge in [-0.2, -0.15) is 5.26 Å². The standard InChI is InChI=1S/C22H26N2O3/c1-14(2)21(26)16-6-5-15-12-19(25)18(13-23)20(17(15)11-16)24-9-7-22(3,27-4)8-10-24/h5-6,11,14H,7-10,12H2,1-4H3. The highest BCUT2D eigenvalue weighted by molar-refractivity contribution is 6.10. The number of ether oxygens (including phenoxy) is 1. The predicted molar refractivity (Wildman–Crippen MR) is 103 cm³/mol. The average Bonchev–Trinajstić information content (AvgIpc) is 2.66. The number of methoxy groups -OCH3 is 1. The van der Waals surface area contributed by atoms with Crippen LogP contribution >= 0.6 is 0 Å². The van der Waals surface area contributed by atoms with E-state index in [9.17, 15) is 14.9 Å². The number of carbonyl (C=O) groups excluding carboxylic acids is 2. The summed E-state index contributed by atoms with van der Waals surface area (Å²) in [6, 6.07) is 7.64. The molecule has 0 radical (unpaired) electrons. The monoisotopic (exact) mass is 366 g/mol. The highest BCUT2D eigenvalue weighted by atomic mass is 16.5. The van der Waals surface area contributed by atoms with E-state index in [-0.39, 0.29) is 35.1 Å². The molecule has 0 N–H and O–H groups in total. The molecule has 1 fully saturated rings. The van der Waals surface area contributed by atoms with E-state index in [2.05, 4.69) is 17.9 Å². The lowest BCUT2D eigenvalue weighted by Gasteiger charge is -2.41. The summed E-state index contributed by atoms with van der Waals surface area (Å²) in [6.07, 6.45) is 1.85. The molecule has 2 aliphatic rings. The van der Waals surface area contributed by atoms with Crippen molar-refractivity contribution < 1.29 is 14.3 Å². The normalized spacial score (nSPS) is 19.1. The molecular formula is C22H26N2O3. The molecule has 0 saturated carbocycles. The average molecular weight is 366 g/mol. The molecule has 1 aromatic carbocycles. The van der Waals surface area contributed by atoms with Crippen LogP contribution in [0.4, 0.5) is 0 Å². The molecular weight excluding hydrogens is 340 g/mol. The van der Waals surface area contributed by atoms with Gasteiger partial charge in [0.2, 0.25) is 0 Å². The van der Waals surface area contributed by atoms with Gasteiger partial charge in [-0.3, -0.25) is 9.59 Å². The van der Waals surface area contributed by atoms with E-state index in [1.54, 1.807) is 13.2 Å². The molecule has 27 heavy (non-hydrogen) atoms. The molecule has 0 spiro atoms. The second kappa shape index (κ2) is 7.28. The first-order valence-corrected chi connectivity index (χ1v) is 9.45. The van der Waals surface area contributed by atoms with Crippen molar-refractivity contribution in [3.05, 3.63) is 40.5 Å². The van der Waals surface area contributed by atoms with Crippen molar-refractivity contribution in [3.8, 4) is 6.07 Å². The van der Waals surface area contributed by atoms with Gasteiger partial charge in [0, 0.05) is 43.7 Å². The van der Waals surface area contributed by atoms with Crippen LogP contribution in [-0.2, 0) is 16.0 Å². The van der Waals surface area contributed by atoms with Gasteiger partial charge in [-0.05, 0) is 31.4 Å².